The van der Waals surface area contributed by atoms with Gasteiger partial charge in [-0.25, -0.2) is 4.98 Å². The van der Waals surface area contributed by atoms with E-state index in [0.717, 1.165) is 0 Å². The lowest BCUT2D eigenvalue weighted by Crippen LogP contribution is -2.11. The minimum atomic E-state index is -0.543. The summed E-state index contributed by atoms with van der Waals surface area (Å²) in [4.78, 5) is 15.0. The molecule has 0 fully saturated rings. The predicted molar refractivity (Wildman–Crippen MR) is 46.1 cm³/mol. The minimum absolute atomic E-state index is 0.273. The van der Waals surface area contributed by atoms with E-state index in [2.05, 4.69) is 11.1 Å². The van der Waals surface area contributed by atoms with Crippen LogP contribution in [-0.2, 0) is 0 Å². The fourth-order valence-corrected chi connectivity index (χ4v) is 1.19. The van der Waals surface area contributed by atoms with Crippen molar-refractivity contribution in [2.75, 3.05) is 0 Å². The van der Waals surface area contributed by atoms with E-state index in [1.165, 1.54) is 0 Å². The van der Waals surface area contributed by atoms with Crippen molar-refractivity contribution in [1.82, 2.24) is 4.98 Å². The first kappa shape index (κ1) is 7.79. The molecule has 0 saturated heterocycles. The number of nitrogens with zero attached hydrogens (tertiary/aromatic N) is 1. The third-order valence-electron chi connectivity index (χ3n) is 1.71. The lowest BCUT2D eigenvalue weighted by molar-refractivity contribution is 0.100. The van der Waals surface area contributed by atoms with E-state index < -0.39 is 5.91 Å². The van der Waals surface area contributed by atoms with Crippen molar-refractivity contribution in [1.29, 1.82) is 0 Å². The molecule has 0 bridgehead atoms. The Bertz CT molecular complexity index is 473. The topological polar surface area (TPSA) is 69.1 Å². The summed E-state index contributed by atoms with van der Waals surface area (Å²) in [7, 11) is 0. The first-order valence-electron chi connectivity index (χ1n) is 3.76. The summed E-state index contributed by atoms with van der Waals surface area (Å²) in [5, 5.41) is 0. The van der Waals surface area contributed by atoms with Crippen LogP contribution in [0.3, 0.4) is 0 Å². The second-order valence-electron chi connectivity index (χ2n) is 2.66. The Labute approximate surface area is 74.4 Å². The smallest absolute Gasteiger partial charge is 0.251 e. The Kier molecular flexibility index (Phi) is 1.55. The second-order valence-corrected chi connectivity index (χ2v) is 2.66. The quantitative estimate of drug-likeness (QED) is 0.703. The first-order chi connectivity index (χ1) is 6.18. The van der Waals surface area contributed by atoms with Crippen molar-refractivity contribution in [2.45, 2.75) is 6.92 Å². The van der Waals surface area contributed by atoms with Crippen LogP contribution in [0.2, 0.25) is 0 Å². The number of hydrogen-bond acceptors (Lipinski definition) is 3. The van der Waals surface area contributed by atoms with E-state index >= 15 is 0 Å². The number of rotatable bonds is 1. The summed E-state index contributed by atoms with van der Waals surface area (Å²) >= 11 is 0. The molecule has 65 valence electrons. The summed E-state index contributed by atoms with van der Waals surface area (Å²) in [5.74, 6) is -0.0315. The molecule has 1 aromatic carbocycles. The van der Waals surface area contributed by atoms with Gasteiger partial charge in [0.1, 0.15) is 5.52 Å². The van der Waals surface area contributed by atoms with Crippen molar-refractivity contribution >= 4 is 17.0 Å². The zero-order valence-corrected chi connectivity index (χ0v) is 7.00. The number of aryl methyl sites for hydroxylation is 1. The number of carbonyl (C=O) groups excluding carboxylic acids is 1. The van der Waals surface area contributed by atoms with Crippen LogP contribution in [0.4, 0.5) is 0 Å². The van der Waals surface area contributed by atoms with Gasteiger partial charge in [-0.3, -0.25) is 4.79 Å². The summed E-state index contributed by atoms with van der Waals surface area (Å²) in [6.45, 7) is 1.71. The highest BCUT2D eigenvalue weighted by atomic mass is 16.3. The van der Waals surface area contributed by atoms with E-state index in [1.54, 1.807) is 19.1 Å². The molecule has 4 nitrogen and oxygen atoms in total. The molecule has 0 aliphatic carbocycles. The van der Waals surface area contributed by atoms with E-state index in [1.807, 2.05) is 0 Å². The number of hydrogen-bond donors (Lipinski definition) is 1. The Hall–Kier alpha value is -1.84. The van der Waals surface area contributed by atoms with Gasteiger partial charge in [0.05, 0.1) is 5.56 Å². The highest BCUT2D eigenvalue weighted by Gasteiger charge is 2.10. The van der Waals surface area contributed by atoms with Gasteiger partial charge in [0.15, 0.2) is 11.5 Å². The molecule has 1 amide bonds. The van der Waals surface area contributed by atoms with Crippen molar-refractivity contribution in [3.63, 3.8) is 0 Å². The van der Waals surface area contributed by atoms with Gasteiger partial charge < -0.3 is 10.2 Å². The Morgan fingerprint density at radius 1 is 1.69 bits per heavy atom. The largest absolute Gasteiger partial charge is 0.441 e. The molecule has 0 unspecified atom stereocenters. The molecule has 0 saturated carbocycles. The predicted octanol–water partition coefficient (Wildman–Crippen LogP) is 1.04. The minimum Gasteiger partial charge on any atom is -0.441 e. The highest BCUT2D eigenvalue weighted by molar-refractivity contribution is 6.03. The van der Waals surface area contributed by atoms with Crippen LogP contribution in [0.25, 0.3) is 11.1 Å². The standard InChI is InChI=1S/C9H7N2O2/c1-5-11-8-6(9(10)12)3-2-4-7(8)13-5/h2,4H,1H3,(H2,10,12). The van der Waals surface area contributed by atoms with E-state index in [9.17, 15) is 4.79 Å². The Morgan fingerprint density at radius 3 is 3.15 bits per heavy atom. The molecule has 2 rings (SSSR count). The average molecular weight is 175 g/mol. The van der Waals surface area contributed by atoms with Crippen LogP contribution >= 0.6 is 0 Å². The molecule has 2 N–H and O–H groups in total. The van der Waals surface area contributed by atoms with Gasteiger partial charge in [0.2, 0.25) is 0 Å². The number of fused-ring (bicyclic) bond motifs is 1. The van der Waals surface area contributed by atoms with Gasteiger partial charge >= 0.3 is 0 Å². The number of amides is 1. The maximum absolute atomic E-state index is 10.9. The third-order valence-corrected chi connectivity index (χ3v) is 1.71. The molecule has 1 heterocycles. The molecule has 1 radical (unpaired) electrons. The van der Waals surface area contributed by atoms with Gasteiger partial charge in [-0.05, 0) is 18.2 Å². The van der Waals surface area contributed by atoms with Crippen molar-refractivity contribution in [2.24, 2.45) is 5.73 Å². The van der Waals surface area contributed by atoms with Gasteiger partial charge in [0.25, 0.3) is 5.91 Å². The van der Waals surface area contributed by atoms with Crippen LogP contribution < -0.4 is 5.73 Å². The Morgan fingerprint density at radius 2 is 2.46 bits per heavy atom. The number of aromatic nitrogens is 1. The zero-order valence-electron chi connectivity index (χ0n) is 7.00. The summed E-state index contributed by atoms with van der Waals surface area (Å²) in [6, 6.07) is 6.01. The van der Waals surface area contributed by atoms with Gasteiger partial charge in [-0.2, -0.15) is 0 Å². The number of benzene rings is 1. The number of carbonyl (C=O) groups is 1. The highest BCUT2D eigenvalue weighted by Crippen LogP contribution is 2.17. The number of oxazole rings is 1. The molecule has 13 heavy (non-hydrogen) atoms. The van der Waals surface area contributed by atoms with Crippen LogP contribution in [-0.4, -0.2) is 10.9 Å². The molecular weight excluding hydrogens is 168 g/mol. The van der Waals surface area contributed by atoms with Crippen LogP contribution in [0.15, 0.2) is 16.5 Å². The summed E-state index contributed by atoms with van der Waals surface area (Å²) < 4.78 is 5.22. The molecule has 2 aromatic rings. The molecule has 4 heteroatoms. The molecule has 1 aromatic heterocycles. The lowest BCUT2D eigenvalue weighted by Gasteiger charge is -1.92. The van der Waals surface area contributed by atoms with Gasteiger partial charge in [-0.15, -0.1) is 0 Å². The molecule has 0 aliphatic heterocycles. The number of primary amides is 1. The second kappa shape index (κ2) is 2.58. The monoisotopic (exact) mass is 175 g/mol. The Balaban J connectivity index is 2.82. The lowest BCUT2D eigenvalue weighted by atomic mass is 10.2. The molecular formula is C9H7N2O2. The van der Waals surface area contributed by atoms with Crippen molar-refractivity contribution < 1.29 is 9.21 Å². The SMILES string of the molecule is Cc1nc2c(C(N)=O)[c]ccc2o1. The third kappa shape index (κ3) is 1.16. The fraction of sp³-hybridized carbons (Fsp3) is 0.111. The maximum atomic E-state index is 10.9. The van der Waals surface area contributed by atoms with Gasteiger partial charge in [0, 0.05) is 6.92 Å². The summed E-state index contributed by atoms with van der Waals surface area (Å²) in [6.07, 6.45) is 0. The van der Waals surface area contributed by atoms with E-state index in [-0.39, 0.29) is 5.56 Å². The maximum Gasteiger partial charge on any atom is 0.251 e. The summed E-state index contributed by atoms with van der Waals surface area (Å²) in [5.41, 5.74) is 6.45. The normalized spacial score (nSPS) is 10.5. The van der Waals surface area contributed by atoms with Crippen LogP contribution in [0.1, 0.15) is 16.2 Å². The van der Waals surface area contributed by atoms with Crippen LogP contribution in [0.5, 0.6) is 0 Å². The van der Waals surface area contributed by atoms with Crippen molar-refractivity contribution in [3.05, 3.63) is 29.7 Å². The zero-order chi connectivity index (χ0) is 9.42. The van der Waals surface area contributed by atoms with E-state index in [0.29, 0.717) is 17.0 Å². The molecule has 0 spiro atoms. The van der Waals surface area contributed by atoms with Crippen LogP contribution in [0, 0.1) is 13.0 Å². The average Bonchev–Trinajstić information content (AvgIpc) is 2.43. The first-order valence-corrected chi connectivity index (χ1v) is 3.76. The van der Waals surface area contributed by atoms with Gasteiger partial charge in [-0.1, -0.05) is 0 Å². The molecule has 0 aliphatic rings. The van der Waals surface area contributed by atoms with E-state index in [4.69, 9.17) is 10.2 Å². The molecule has 0 atom stereocenters. The fourth-order valence-electron chi connectivity index (χ4n) is 1.19. The number of nitrogens with two attached hydrogens (primary N) is 1. The van der Waals surface area contributed by atoms with Crippen molar-refractivity contribution in [3.8, 4) is 0 Å².